The molecule has 1 nitrogen and oxygen atoms in total. The molecule has 2 aliphatic rings. The fourth-order valence-electron chi connectivity index (χ4n) is 7.71. The maximum absolute atomic E-state index is 2.44. The van der Waals surface area contributed by atoms with Gasteiger partial charge in [0.25, 0.3) is 0 Å². The van der Waals surface area contributed by atoms with Crippen LogP contribution in [0.15, 0.2) is 133 Å². The average Bonchev–Trinajstić information content (AvgIpc) is 3.45. The summed E-state index contributed by atoms with van der Waals surface area (Å²) in [5, 5.41) is 0. The Hall–Kier alpha value is -5.14. The van der Waals surface area contributed by atoms with Gasteiger partial charge in [0, 0.05) is 27.9 Å². The first-order chi connectivity index (χ1) is 22.2. The van der Waals surface area contributed by atoms with Crippen LogP contribution >= 0.6 is 0 Å². The van der Waals surface area contributed by atoms with Crippen LogP contribution in [0.1, 0.15) is 66.6 Å². The van der Waals surface area contributed by atoms with Gasteiger partial charge in [-0.3, -0.25) is 0 Å². The number of nitrogens with zero attached hydrogens (tertiary/aromatic N) is 1. The van der Waals surface area contributed by atoms with Crippen molar-refractivity contribution in [3.63, 3.8) is 0 Å². The molecule has 0 unspecified atom stereocenters. The highest BCUT2D eigenvalue weighted by Gasteiger charge is 2.37. The molecule has 1 heteroatoms. The van der Waals surface area contributed by atoms with E-state index in [1.165, 1.54) is 72.6 Å². The first-order valence-corrected chi connectivity index (χ1v) is 16.4. The molecule has 0 saturated heterocycles. The smallest absolute Gasteiger partial charge is 0.0465 e. The van der Waals surface area contributed by atoms with Crippen LogP contribution in [-0.4, -0.2) is 0 Å². The first-order valence-electron chi connectivity index (χ1n) is 16.4. The summed E-state index contributed by atoms with van der Waals surface area (Å²) < 4.78 is 0. The average molecular weight is 594 g/mol. The molecule has 6 aromatic rings. The lowest BCUT2D eigenvalue weighted by atomic mass is 9.82. The standard InChI is InChI=1S/C45H39N/c1-30-14-16-31(17-15-30)18-19-32-20-22-33(23-21-32)46(34-24-26-38-36-10-6-8-12-40(36)44(2,3)42(38)28-34)35-25-27-39-37-11-7-9-13-41(37)45(4,5)43(39)29-35/h6-29H,1-5H3/b19-18+. The minimum atomic E-state index is -0.0696. The second kappa shape index (κ2) is 10.5. The van der Waals surface area contributed by atoms with Crippen molar-refractivity contribution in [1.82, 2.24) is 0 Å². The first kappa shape index (κ1) is 28.3. The summed E-state index contributed by atoms with van der Waals surface area (Å²) in [5.74, 6) is 0. The van der Waals surface area contributed by atoms with Gasteiger partial charge in [-0.25, -0.2) is 0 Å². The van der Waals surface area contributed by atoms with E-state index in [4.69, 9.17) is 0 Å². The number of fused-ring (bicyclic) bond motifs is 6. The molecule has 0 heterocycles. The van der Waals surface area contributed by atoms with E-state index in [2.05, 4.69) is 185 Å². The number of benzene rings is 6. The van der Waals surface area contributed by atoms with Crippen molar-refractivity contribution in [2.75, 3.05) is 4.90 Å². The van der Waals surface area contributed by atoms with Crippen LogP contribution in [-0.2, 0) is 10.8 Å². The molecule has 0 aliphatic heterocycles. The Balaban J connectivity index is 1.24. The van der Waals surface area contributed by atoms with E-state index >= 15 is 0 Å². The third-order valence-corrected chi connectivity index (χ3v) is 10.3. The molecular weight excluding hydrogens is 555 g/mol. The number of hydrogen-bond donors (Lipinski definition) is 0. The minimum absolute atomic E-state index is 0.0696. The van der Waals surface area contributed by atoms with Crippen LogP contribution in [0.5, 0.6) is 0 Å². The summed E-state index contributed by atoms with van der Waals surface area (Å²) in [5.41, 5.74) is 18.0. The van der Waals surface area contributed by atoms with Crippen molar-refractivity contribution in [1.29, 1.82) is 0 Å². The van der Waals surface area contributed by atoms with Crippen molar-refractivity contribution in [3.05, 3.63) is 172 Å². The SMILES string of the molecule is Cc1ccc(/C=C/c2ccc(N(c3ccc4c(c3)C(C)(C)c3ccccc3-4)c3ccc4c(c3)C(C)(C)c3ccccc3-4)cc2)cc1. The molecule has 0 saturated carbocycles. The number of anilines is 3. The van der Waals surface area contributed by atoms with Crippen LogP contribution in [0.4, 0.5) is 17.1 Å². The summed E-state index contributed by atoms with van der Waals surface area (Å²) in [6, 6.07) is 49.5. The van der Waals surface area contributed by atoms with Crippen LogP contribution in [0.2, 0.25) is 0 Å². The fourth-order valence-corrected chi connectivity index (χ4v) is 7.71. The van der Waals surface area contributed by atoms with Gasteiger partial charge < -0.3 is 4.90 Å². The minimum Gasteiger partial charge on any atom is -0.310 e. The molecule has 0 bridgehead atoms. The van der Waals surface area contributed by atoms with Gasteiger partial charge in [-0.1, -0.05) is 142 Å². The topological polar surface area (TPSA) is 3.24 Å². The molecule has 6 aromatic carbocycles. The predicted octanol–water partition coefficient (Wildman–Crippen LogP) is 12.2. The highest BCUT2D eigenvalue weighted by molar-refractivity contribution is 5.88. The van der Waals surface area contributed by atoms with Crippen molar-refractivity contribution in [2.45, 2.75) is 45.4 Å². The molecule has 0 radical (unpaired) electrons. The summed E-state index contributed by atoms with van der Waals surface area (Å²) in [4.78, 5) is 2.44. The Bertz CT molecular complexity index is 2030. The molecule has 0 atom stereocenters. The number of aryl methyl sites for hydroxylation is 1. The van der Waals surface area contributed by atoms with Crippen LogP contribution in [0.25, 0.3) is 34.4 Å². The third-order valence-electron chi connectivity index (χ3n) is 10.3. The molecule has 2 aliphatic carbocycles. The normalized spacial score (nSPS) is 14.9. The molecular formula is C45H39N. The van der Waals surface area contributed by atoms with Crippen molar-refractivity contribution in [2.24, 2.45) is 0 Å². The molecule has 8 rings (SSSR count). The van der Waals surface area contributed by atoms with Crippen LogP contribution in [0.3, 0.4) is 0 Å². The Labute approximate surface area is 273 Å². The Kier molecular flexibility index (Phi) is 6.44. The van der Waals surface area contributed by atoms with E-state index in [1.807, 2.05) is 0 Å². The van der Waals surface area contributed by atoms with Gasteiger partial charge in [0.05, 0.1) is 0 Å². The van der Waals surface area contributed by atoms with Crippen molar-refractivity contribution < 1.29 is 0 Å². The van der Waals surface area contributed by atoms with Crippen molar-refractivity contribution >= 4 is 29.2 Å². The maximum Gasteiger partial charge on any atom is 0.0465 e. The number of hydrogen-bond acceptors (Lipinski definition) is 1. The third kappa shape index (κ3) is 4.45. The van der Waals surface area contributed by atoms with Gasteiger partial charge in [-0.05, 0) is 99.0 Å². The van der Waals surface area contributed by atoms with E-state index in [0.29, 0.717) is 0 Å². The van der Waals surface area contributed by atoms with E-state index in [-0.39, 0.29) is 10.8 Å². The zero-order valence-electron chi connectivity index (χ0n) is 27.3. The van der Waals surface area contributed by atoms with Gasteiger partial charge in [0.1, 0.15) is 0 Å². The largest absolute Gasteiger partial charge is 0.310 e. The second-order valence-corrected chi connectivity index (χ2v) is 14.0. The summed E-state index contributed by atoms with van der Waals surface area (Å²) >= 11 is 0. The summed E-state index contributed by atoms with van der Waals surface area (Å²) in [7, 11) is 0. The van der Waals surface area contributed by atoms with Gasteiger partial charge in [-0.15, -0.1) is 0 Å². The Morgan fingerprint density at radius 2 is 0.804 bits per heavy atom. The van der Waals surface area contributed by atoms with Gasteiger partial charge in [0.2, 0.25) is 0 Å². The molecule has 0 N–H and O–H groups in total. The van der Waals surface area contributed by atoms with E-state index in [1.54, 1.807) is 0 Å². The summed E-state index contributed by atoms with van der Waals surface area (Å²) in [6.07, 6.45) is 4.38. The molecule has 224 valence electrons. The van der Waals surface area contributed by atoms with E-state index in [0.717, 1.165) is 5.69 Å². The molecule has 0 amide bonds. The highest BCUT2D eigenvalue weighted by atomic mass is 15.1. The molecule has 0 spiro atoms. The lowest BCUT2D eigenvalue weighted by Crippen LogP contribution is -2.18. The highest BCUT2D eigenvalue weighted by Crippen LogP contribution is 2.53. The fraction of sp³-hybridized carbons (Fsp3) is 0.156. The monoisotopic (exact) mass is 593 g/mol. The van der Waals surface area contributed by atoms with Gasteiger partial charge >= 0.3 is 0 Å². The quantitative estimate of drug-likeness (QED) is 0.180. The molecule has 46 heavy (non-hydrogen) atoms. The van der Waals surface area contributed by atoms with Gasteiger partial charge in [0.15, 0.2) is 0 Å². The number of rotatable bonds is 5. The molecule has 0 aromatic heterocycles. The Morgan fingerprint density at radius 3 is 1.28 bits per heavy atom. The maximum atomic E-state index is 2.44. The van der Waals surface area contributed by atoms with Crippen LogP contribution < -0.4 is 4.90 Å². The zero-order chi connectivity index (χ0) is 31.6. The zero-order valence-corrected chi connectivity index (χ0v) is 27.3. The lowest BCUT2D eigenvalue weighted by Gasteiger charge is -2.29. The van der Waals surface area contributed by atoms with Crippen LogP contribution in [0, 0.1) is 6.92 Å². The van der Waals surface area contributed by atoms with E-state index < -0.39 is 0 Å². The van der Waals surface area contributed by atoms with E-state index in [9.17, 15) is 0 Å². The Morgan fingerprint density at radius 1 is 0.413 bits per heavy atom. The lowest BCUT2D eigenvalue weighted by molar-refractivity contribution is 0.660. The van der Waals surface area contributed by atoms with Crippen molar-refractivity contribution in [3.8, 4) is 22.3 Å². The van der Waals surface area contributed by atoms with Gasteiger partial charge in [-0.2, -0.15) is 0 Å². The second-order valence-electron chi connectivity index (χ2n) is 14.0. The summed E-state index contributed by atoms with van der Waals surface area (Å²) in [6.45, 7) is 11.6. The predicted molar refractivity (Wildman–Crippen MR) is 196 cm³/mol. The molecule has 0 fully saturated rings.